The van der Waals surface area contributed by atoms with Crippen molar-refractivity contribution in [1.29, 1.82) is 0 Å². The molecule has 2 aliphatic carbocycles. The van der Waals surface area contributed by atoms with Crippen molar-refractivity contribution in [2.24, 2.45) is 0 Å². The summed E-state index contributed by atoms with van der Waals surface area (Å²) in [4.78, 5) is 4.86. The fourth-order valence-corrected chi connectivity index (χ4v) is 6.29. The highest BCUT2D eigenvalue weighted by Gasteiger charge is 2.21. The van der Waals surface area contributed by atoms with Gasteiger partial charge in [-0.25, -0.2) is 0 Å². The first-order chi connectivity index (χ1) is 21.8. The van der Waals surface area contributed by atoms with E-state index in [0.717, 1.165) is 30.6 Å². The van der Waals surface area contributed by atoms with Gasteiger partial charge in [0.2, 0.25) is 0 Å². The second kappa shape index (κ2) is 12.5. The maximum absolute atomic E-state index is 3.20. The van der Waals surface area contributed by atoms with Crippen molar-refractivity contribution in [2.45, 2.75) is 25.3 Å². The molecule has 0 fully saturated rings. The Morgan fingerprint density at radius 2 is 1.32 bits per heavy atom. The average Bonchev–Trinajstić information content (AvgIpc) is 3.11. The van der Waals surface area contributed by atoms with Crippen LogP contribution in [0.25, 0.3) is 21.9 Å². The molecule has 0 spiro atoms. The van der Waals surface area contributed by atoms with Gasteiger partial charge in [-0.15, -0.1) is 0 Å². The van der Waals surface area contributed by atoms with Crippen molar-refractivity contribution in [2.75, 3.05) is 22.2 Å². The lowest BCUT2D eigenvalue weighted by molar-refractivity contribution is 0.785. The van der Waals surface area contributed by atoms with E-state index >= 15 is 0 Å². The van der Waals surface area contributed by atoms with E-state index in [4.69, 9.17) is 0 Å². The minimum atomic E-state index is 0.241. The predicted octanol–water partition coefficient (Wildman–Crippen LogP) is 10.9. The Kier molecular flexibility index (Phi) is 7.84. The zero-order chi connectivity index (χ0) is 29.7. The van der Waals surface area contributed by atoms with E-state index in [2.05, 4.69) is 173 Å². The number of nitrogens with zero attached hydrogens (tertiary/aromatic N) is 2. The SMILES string of the molecule is CNc1ccc(-c2ccc(N(c3ccc(N(C4=CCCC=C4)c4cccc5ccccc45)cc3)C3C=CC=CC3)cc2)cc1. The first-order valence-electron chi connectivity index (χ1n) is 15.5. The summed E-state index contributed by atoms with van der Waals surface area (Å²) in [6, 6.07) is 42.1. The molecule has 0 bridgehead atoms. The van der Waals surface area contributed by atoms with Crippen LogP contribution in [-0.2, 0) is 0 Å². The van der Waals surface area contributed by atoms with E-state index < -0.39 is 0 Å². The van der Waals surface area contributed by atoms with E-state index in [1.165, 1.54) is 44.7 Å². The summed E-state index contributed by atoms with van der Waals surface area (Å²) in [5.41, 5.74) is 9.48. The van der Waals surface area contributed by atoms with Crippen molar-refractivity contribution in [3.63, 3.8) is 0 Å². The average molecular weight is 572 g/mol. The zero-order valence-corrected chi connectivity index (χ0v) is 25.1. The van der Waals surface area contributed by atoms with E-state index in [-0.39, 0.29) is 6.04 Å². The molecule has 44 heavy (non-hydrogen) atoms. The Morgan fingerprint density at radius 3 is 2.00 bits per heavy atom. The van der Waals surface area contributed by atoms with Gasteiger partial charge in [0.05, 0.1) is 11.7 Å². The quantitative estimate of drug-likeness (QED) is 0.200. The smallest absolute Gasteiger partial charge is 0.0559 e. The van der Waals surface area contributed by atoms with E-state index in [9.17, 15) is 0 Å². The molecule has 0 amide bonds. The molecule has 1 unspecified atom stereocenters. The summed E-state index contributed by atoms with van der Waals surface area (Å²) >= 11 is 0. The topological polar surface area (TPSA) is 18.5 Å². The van der Waals surface area contributed by atoms with E-state index in [0.29, 0.717) is 0 Å². The van der Waals surface area contributed by atoms with Crippen LogP contribution in [0.2, 0.25) is 0 Å². The van der Waals surface area contributed by atoms with Crippen LogP contribution in [0.4, 0.5) is 28.4 Å². The third-order valence-corrected chi connectivity index (χ3v) is 8.57. The number of hydrogen-bond donors (Lipinski definition) is 1. The van der Waals surface area contributed by atoms with E-state index in [1.807, 2.05) is 7.05 Å². The molecule has 5 aromatic rings. The van der Waals surface area contributed by atoms with Crippen LogP contribution in [0, 0.1) is 0 Å². The molecular weight excluding hydrogens is 534 g/mol. The lowest BCUT2D eigenvalue weighted by Gasteiger charge is -2.34. The number of benzene rings is 5. The van der Waals surface area contributed by atoms with Crippen LogP contribution in [0.1, 0.15) is 19.3 Å². The highest BCUT2D eigenvalue weighted by atomic mass is 15.2. The van der Waals surface area contributed by atoms with E-state index in [1.54, 1.807) is 0 Å². The molecule has 1 atom stereocenters. The molecule has 0 heterocycles. The van der Waals surface area contributed by atoms with Crippen molar-refractivity contribution >= 4 is 39.2 Å². The molecule has 7 rings (SSSR count). The summed E-state index contributed by atoms with van der Waals surface area (Å²) < 4.78 is 0. The molecule has 0 saturated carbocycles. The van der Waals surface area contributed by atoms with Gasteiger partial charge in [0.15, 0.2) is 0 Å². The number of anilines is 5. The zero-order valence-electron chi connectivity index (χ0n) is 25.1. The number of rotatable bonds is 8. The first-order valence-corrected chi connectivity index (χ1v) is 15.5. The van der Waals surface area contributed by atoms with Crippen LogP contribution >= 0.6 is 0 Å². The molecule has 5 aromatic carbocycles. The minimum Gasteiger partial charge on any atom is -0.388 e. The van der Waals surface area contributed by atoms with Crippen LogP contribution in [0.5, 0.6) is 0 Å². The highest BCUT2D eigenvalue weighted by molar-refractivity contribution is 5.97. The minimum absolute atomic E-state index is 0.241. The van der Waals surface area contributed by atoms with Crippen LogP contribution in [0.3, 0.4) is 0 Å². The Morgan fingerprint density at radius 1 is 0.636 bits per heavy atom. The van der Waals surface area contributed by atoms with Gasteiger partial charge in [-0.3, -0.25) is 0 Å². The second-order valence-corrected chi connectivity index (χ2v) is 11.3. The van der Waals surface area contributed by atoms with Gasteiger partial charge in [-0.1, -0.05) is 97.1 Å². The van der Waals surface area contributed by atoms with Crippen LogP contribution in [-0.4, -0.2) is 13.1 Å². The van der Waals surface area contributed by atoms with Gasteiger partial charge in [-0.2, -0.15) is 0 Å². The van der Waals surface area contributed by atoms with Crippen LogP contribution < -0.4 is 15.1 Å². The Hall–Kier alpha value is -5.28. The standard InChI is InChI=1S/C41H37N3/c1-42-34-23-19-31(20-24-34)32-21-25-37(26-22-32)43(35-13-4-2-5-14-35)38-27-29-39(30-28-38)44(36-15-6-3-7-16-36)41-18-10-12-33-11-8-9-17-40(33)41/h2,4-6,8-13,15-30,35,42H,3,7,14H2,1H3. The van der Waals surface area contributed by atoms with Crippen molar-refractivity contribution in [1.82, 2.24) is 0 Å². The van der Waals surface area contributed by atoms with Gasteiger partial charge < -0.3 is 15.1 Å². The highest BCUT2D eigenvalue weighted by Crippen LogP contribution is 2.39. The predicted molar refractivity (Wildman–Crippen MR) is 189 cm³/mol. The van der Waals surface area contributed by atoms with Gasteiger partial charge >= 0.3 is 0 Å². The maximum Gasteiger partial charge on any atom is 0.0559 e. The summed E-state index contributed by atoms with van der Waals surface area (Å²) in [5.74, 6) is 0. The third-order valence-electron chi connectivity index (χ3n) is 8.57. The lowest BCUT2D eigenvalue weighted by atomic mass is 10.0. The normalized spacial score (nSPS) is 15.7. The van der Waals surface area contributed by atoms with Crippen molar-refractivity contribution < 1.29 is 0 Å². The molecular formula is C41H37N3. The number of hydrogen-bond acceptors (Lipinski definition) is 3. The van der Waals surface area contributed by atoms with Gasteiger partial charge in [0.1, 0.15) is 0 Å². The summed E-state index contributed by atoms with van der Waals surface area (Å²) in [6.45, 7) is 0. The van der Waals surface area contributed by atoms with Crippen LogP contribution in [0.15, 0.2) is 163 Å². The fraction of sp³-hybridized carbons (Fsp3) is 0.122. The Bertz CT molecular complexity index is 1850. The Balaban J connectivity index is 1.25. The van der Waals surface area contributed by atoms with Crippen molar-refractivity contribution in [3.8, 4) is 11.1 Å². The molecule has 1 N–H and O–H groups in total. The second-order valence-electron chi connectivity index (χ2n) is 11.3. The third kappa shape index (κ3) is 5.57. The van der Waals surface area contributed by atoms with Gasteiger partial charge in [0, 0.05) is 40.9 Å². The van der Waals surface area contributed by atoms with Gasteiger partial charge in [0.25, 0.3) is 0 Å². The number of nitrogens with one attached hydrogen (secondary N) is 1. The molecule has 0 aliphatic heterocycles. The molecule has 216 valence electrons. The lowest BCUT2D eigenvalue weighted by Crippen LogP contribution is -2.29. The maximum atomic E-state index is 3.20. The number of fused-ring (bicyclic) bond motifs is 1. The monoisotopic (exact) mass is 571 g/mol. The first kappa shape index (κ1) is 27.5. The molecule has 3 heteroatoms. The number of allylic oxidation sites excluding steroid dienone is 5. The fourth-order valence-electron chi connectivity index (χ4n) is 6.29. The molecule has 2 aliphatic rings. The molecule has 0 saturated heterocycles. The molecule has 3 nitrogen and oxygen atoms in total. The summed E-state index contributed by atoms with van der Waals surface area (Å²) in [7, 11) is 1.95. The van der Waals surface area contributed by atoms with Gasteiger partial charge in [-0.05, 0) is 96.4 Å². The molecule has 0 aromatic heterocycles. The summed E-state index contributed by atoms with van der Waals surface area (Å²) in [6.07, 6.45) is 18.9. The largest absolute Gasteiger partial charge is 0.388 e. The molecule has 0 radical (unpaired) electrons. The summed E-state index contributed by atoms with van der Waals surface area (Å²) in [5, 5.41) is 5.70. The van der Waals surface area contributed by atoms with Crippen molar-refractivity contribution in [3.05, 3.63) is 163 Å². The Labute approximate surface area is 260 Å².